The zero-order valence-electron chi connectivity index (χ0n) is 10.5. The van der Waals surface area contributed by atoms with Crippen molar-refractivity contribution < 1.29 is 4.79 Å². The first-order valence-electron chi connectivity index (χ1n) is 6.25. The zero-order chi connectivity index (χ0) is 12.3. The number of rotatable bonds is 3. The Labute approximate surface area is 103 Å². The van der Waals surface area contributed by atoms with Gasteiger partial charge >= 0.3 is 0 Å². The highest BCUT2D eigenvalue weighted by atomic mass is 16.1. The molecule has 1 aliphatic rings. The van der Waals surface area contributed by atoms with Gasteiger partial charge in [0.15, 0.2) is 0 Å². The van der Waals surface area contributed by atoms with E-state index >= 15 is 0 Å². The molecule has 3 heteroatoms. The highest BCUT2D eigenvalue weighted by Crippen LogP contribution is 2.15. The summed E-state index contributed by atoms with van der Waals surface area (Å²) in [5, 5.41) is 6.31. The van der Waals surface area contributed by atoms with Gasteiger partial charge in [0, 0.05) is 18.2 Å². The van der Waals surface area contributed by atoms with Gasteiger partial charge in [-0.05, 0) is 56.5 Å². The van der Waals surface area contributed by atoms with Crippen LogP contribution in [0.1, 0.15) is 30.4 Å². The fraction of sp³-hybridized carbons (Fsp3) is 0.500. The highest BCUT2D eigenvalue weighted by molar-refractivity contribution is 5.91. The van der Waals surface area contributed by atoms with Crippen molar-refractivity contribution in [3.05, 3.63) is 29.3 Å². The lowest BCUT2D eigenvalue weighted by atomic mass is 10.1. The van der Waals surface area contributed by atoms with E-state index in [0.717, 1.165) is 18.7 Å². The van der Waals surface area contributed by atoms with Crippen LogP contribution in [0.5, 0.6) is 0 Å². The van der Waals surface area contributed by atoms with E-state index in [-0.39, 0.29) is 5.91 Å². The van der Waals surface area contributed by atoms with Crippen molar-refractivity contribution in [1.29, 1.82) is 0 Å². The van der Waals surface area contributed by atoms with Crippen LogP contribution < -0.4 is 10.6 Å². The van der Waals surface area contributed by atoms with Crippen LogP contribution in [-0.2, 0) is 4.79 Å². The smallest absolute Gasteiger partial charge is 0.225 e. The number of hydrogen-bond donors (Lipinski definition) is 2. The van der Waals surface area contributed by atoms with E-state index < -0.39 is 0 Å². The Morgan fingerprint density at radius 2 is 2.06 bits per heavy atom. The second-order valence-electron chi connectivity index (χ2n) is 4.92. The van der Waals surface area contributed by atoms with Crippen LogP contribution in [0.15, 0.2) is 18.2 Å². The van der Waals surface area contributed by atoms with Crippen LogP contribution >= 0.6 is 0 Å². The van der Waals surface area contributed by atoms with Crippen molar-refractivity contribution in [2.45, 2.75) is 39.2 Å². The summed E-state index contributed by atoms with van der Waals surface area (Å²) in [5.74, 6) is 0.106. The zero-order valence-corrected chi connectivity index (χ0v) is 10.5. The fourth-order valence-electron chi connectivity index (χ4n) is 2.41. The van der Waals surface area contributed by atoms with Gasteiger partial charge in [0.2, 0.25) is 5.91 Å². The maximum atomic E-state index is 11.8. The molecule has 0 aliphatic carbocycles. The molecular formula is C14H20N2O. The molecule has 0 spiro atoms. The Hall–Kier alpha value is -1.35. The number of carbonyl (C=O) groups excluding carboxylic acids is 1. The van der Waals surface area contributed by atoms with Crippen LogP contribution in [-0.4, -0.2) is 18.5 Å². The summed E-state index contributed by atoms with van der Waals surface area (Å²) in [4.78, 5) is 11.8. The minimum Gasteiger partial charge on any atom is -0.326 e. The van der Waals surface area contributed by atoms with Crippen LogP contribution in [0.4, 0.5) is 5.69 Å². The molecule has 0 saturated carbocycles. The Morgan fingerprint density at radius 1 is 1.35 bits per heavy atom. The maximum absolute atomic E-state index is 11.8. The van der Waals surface area contributed by atoms with Gasteiger partial charge in [-0.2, -0.15) is 0 Å². The average molecular weight is 232 g/mol. The molecule has 0 radical (unpaired) electrons. The molecule has 1 saturated heterocycles. The fourth-order valence-corrected chi connectivity index (χ4v) is 2.41. The molecule has 92 valence electrons. The van der Waals surface area contributed by atoms with Crippen LogP contribution in [0.25, 0.3) is 0 Å². The van der Waals surface area contributed by atoms with Crippen molar-refractivity contribution in [2.24, 2.45) is 0 Å². The number of hydrogen-bond acceptors (Lipinski definition) is 2. The first-order valence-corrected chi connectivity index (χ1v) is 6.25. The molecule has 0 bridgehead atoms. The molecule has 1 aliphatic heterocycles. The summed E-state index contributed by atoms with van der Waals surface area (Å²) in [5.41, 5.74) is 3.27. The highest BCUT2D eigenvalue weighted by Gasteiger charge is 2.17. The van der Waals surface area contributed by atoms with Gasteiger partial charge in [-0.1, -0.05) is 6.07 Å². The quantitative estimate of drug-likeness (QED) is 0.840. The molecule has 3 nitrogen and oxygen atoms in total. The SMILES string of the molecule is Cc1cc(C)cc(NC(=O)CC2CCCN2)c1. The lowest BCUT2D eigenvalue weighted by Crippen LogP contribution is -2.27. The first-order chi connectivity index (χ1) is 8.13. The lowest BCUT2D eigenvalue weighted by molar-refractivity contribution is -0.116. The topological polar surface area (TPSA) is 41.1 Å². The van der Waals surface area contributed by atoms with E-state index in [2.05, 4.69) is 16.7 Å². The maximum Gasteiger partial charge on any atom is 0.225 e. The normalized spacial score (nSPS) is 19.3. The average Bonchev–Trinajstić information content (AvgIpc) is 2.67. The summed E-state index contributed by atoms with van der Waals surface area (Å²) in [7, 11) is 0. The van der Waals surface area contributed by atoms with Gasteiger partial charge in [-0.15, -0.1) is 0 Å². The summed E-state index contributed by atoms with van der Waals surface area (Å²) < 4.78 is 0. The van der Waals surface area contributed by atoms with Crippen molar-refractivity contribution >= 4 is 11.6 Å². The van der Waals surface area contributed by atoms with Crippen LogP contribution in [0, 0.1) is 13.8 Å². The molecule has 1 heterocycles. The number of nitrogens with one attached hydrogen (secondary N) is 2. The van der Waals surface area contributed by atoms with Gasteiger partial charge in [0.05, 0.1) is 0 Å². The van der Waals surface area contributed by atoms with E-state index in [1.165, 1.54) is 17.5 Å². The Morgan fingerprint density at radius 3 is 2.65 bits per heavy atom. The molecule has 1 amide bonds. The third-order valence-corrected chi connectivity index (χ3v) is 3.10. The minimum atomic E-state index is 0.106. The van der Waals surface area contributed by atoms with E-state index in [1.807, 2.05) is 26.0 Å². The van der Waals surface area contributed by atoms with Gasteiger partial charge in [-0.25, -0.2) is 0 Å². The number of benzene rings is 1. The Kier molecular flexibility index (Phi) is 3.79. The third-order valence-electron chi connectivity index (χ3n) is 3.10. The van der Waals surface area contributed by atoms with Crippen molar-refractivity contribution in [3.63, 3.8) is 0 Å². The molecule has 0 aromatic heterocycles. The van der Waals surface area contributed by atoms with Gasteiger partial charge in [-0.3, -0.25) is 4.79 Å². The molecular weight excluding hydrogens is 212 g/mol. The lowest BCUT2D eigenvalue weighted by Gasteiger charge is -2.11. The van der Waals surface area contributed by atoms with E-state index in [0.29, 0.717) is 12.5 Å². The van der Waals surface area contributed by atoms with Crippen molar-refractivity contribution in [3.8, 4) is 0 Å². The summed E-state index contributed by atoms with van der Waals surface area (Å²) in [6.07, 6.45) is 2.87. The van der Waals surface area contributed by atoms with Crippen molar-refractivity contribution in [2.75, 3.05) is 11.9 Å². The molecule has 2 N–H and O–H groups in total. The predicted molar refractivity (Wildman–Crippen MR) is 70.2 cm³/mol. The number of carbonyl (C=O) groups is 1. The molecule has 1 unspecified atom stereocenters. The summed E-state index contributed by atoms with van der Waals surface area (Å²) in [6, 6.07) is 6.48. The van der Waals surface area contributed by atoms with Crippen LogP contribution in [0.3, 0.4) is 0 Å². The second-order valence-corrected chi connectivity index (χ2v) is 4.92. The number of amides is 1. The van der Waals surface area contributed by atoms with Gasteiger partial charge in [0.1, 0.15) is 0 Å². The molecule has 1 aromatic carbocycles. The molecule has 1 atom stereocenters. The van der Waals surface area contributed by atoms with E-state index in [1.54, 1.807) is 0 Å². The Balaban J connectivity index is 1.92. The molecule has 1 aromatic rings. The summed E-state index contributed by atoms with van der Waals surface area (Å²) >= 11 is 0. The standard InChI is InChI=1S/C14H20N2O/c1-10-6-11(2)8-13(7-10)16-14(17)9-12-4-3-5-15-12/h6-8,12,15H,3-5,9H2,1-2H3,(H,16,17). The molecule has 2 rings (SSSR count). The number of anilines is 1. The van der Waals surface area contributed by atoms with E-state index in [9.17, 15) is 4.79 Å². The first kappa shape index (κ1) is 12.1. The second kappa shape index (κ2) is 5.32. The van der Waals surface area contributed by atoms with Crippen LogP contribution in [0.2, 0.25) is 0 Å². The molecule has 17 heavy (non-hydrogen) atoms. The number of aryl methyl sites for hydroxylation is 2. The largest absolute Gasteiger partial charge is 0.326 e. The van der Waals surface area contributed by atoms with E-state index in [4.69, 9.17) is 0 Å². The van der Waals surface area contributed by atoms with Gasteiger partial charge < -0.3 is 10.6 Å². The third kappa shape index (κ3) is 3.56. The Bertz CT molecular complexity index is 388. The monoisotopic (exact) mass is 232 g/mol. The van der Waals surface area contributed by atoms with Crippen molar-refractivity contribution in [1.82, 2.24) is 5.32 Å². The predicted octanol–water partition coefficient (Wildman–Crippen LogP) is 2.38. The summed E-state index contributed by atoms with van der Waals surface area (Å²) in [6.45, 7) is 5.13. The minimum absolute atomic E-state index is 0.106. The molecule has 1 fully saturated rings. The van der Waals surface area contributed by atoms with Gasteiger partial charge in [0.25, 0.3) is 0 Å².